The summed E-state index contributed by atoms with van der Waals surface area (Å²) in [6.45, 7) is 2.37. The van der Waals surface area contributed by atoms with E-state index in [1.165, 1.54) is 19.1 Å². The number of likely N-dealkylation sites (tertiary alicyclic amines) is 1. The Morgan fingerprint density at radius 1 is 1.37 bits per heavy atom. The molecule has 1 unspecified atom stereocenters. The number of carbonyl (C=O) groups is 1. The first-order valence-electron chi connectivity index (χ1n) is 5.92. The van der Waals surface area contributed by atoms with Crippen LogP contribution in [0, 0.1) is 5.82 Å². The number of nitrogens with one attached hydrogen (secondary N) is 1. The van der Waals surface area contributed by atoms with E-state index in [-0.39, 0.29) is 16.8 Å². The number of sulfonamides is 1. The molecule has 0 radical (unpaired) electrons. The average molecular weight is 286 g/mol. The predicted octanol–water partition coefficient (Wildman–Crippen LogP) is 0.725. The lowest BCUT2D eigenvalue weighted by atomic mass is 10.3. The minimum absolute atomic E-state index is 0.0233. The van der Waals surface area contributed by atoms with Crippen LogP contribution in [0.25, 0.3) is 0 Å². The summed E-state index contributed by atoms with van der Waals surface area (Å²) in [5, 5.41) is 0. The minimum atomic E-state index is -3.66. The van der Waals surface area contributed by atoms with Gasteiger partial charge in [0.2, 0.25) is 15.9 Å². The molecule has 5 nitrogen and oxygen atoms in total. The summed E-state index contributed by atoms with van der Waals surface area (Å²) in [4.78, 5) is 12.8. The molecule has 1 aromatic carbocycles. The second-order valence-electron chi connectivity index (χ2n) is 4.53. The van der Waals surface area contributed by atoms with Crippen molar-refractivity contribution < 1.29 is 17.6 Å². The first-order chi connectivity index (χ1) is 8.88. The van der Waals surface area contributed by atoms with Gasteiger partial charge in [0, 0.05) is 26.1 Å². The van der Waals surface area contributed by atoms with Crippen LogP contribution in [0.4, 0.5) is 4.39 Å². The molecule has 1 amide bonds. The van der Waals surface area contributed by atoms with Gasteiger partial charge in [-0.05, 0) is 30.7 Å². The number of hydrogen-bond acceptors (Lipinski definition) is 3. The predicted molar refractivity (Wildman–Crippen MR) is 67.4 cm³/mol. The highest BCUT2D eigenvalue weighted by molar-refractivity contribution is 7.89. The molecule has 0 aromatic heterocycles. The SMILES string of the molecule is CC(=O)N1CCC(NS(=O)(=O)c2ccc(F)cc2)C1. The molecule has 0 saturated carbocycles. The Balaban J connectivity index is 2.06. The number of rotatable bonds is 3. The Bertz CT molecular complexity index is 571. The lowest BCUT2D eigenvalue weighted by molar-refractivity contribution is -0.127. The van der Waals surface area contributed by atoms with Crippen LogP contribution in [0.15, 0.2) is 29.2 Å². The second kappa shape index (κ2) is 5.26. The van der Waals surface area contributed by atoms with Gasteiger partial charge in [-0.3, -0.25) is 4.79 Å². The summed E-state index contributed by atoms with van der Waals surface area (Å²) < 4.78 is 39.4. The highest BCUT2D eigenvalue weighted by atomic mass is 32.2. The van der Waals surface area contributed by atoms with Crippen molar-refractivity contribution >= 4 is 15.9 Å². The topological polar surface area (TPSA) is 66.5 Å². The number of hydrogen-bond donors (Lipinski definition) is 1. The van der Waals surface area contributed by atoms with Crippen molar-refractivity contribution in [2.45, 2.75) is 24.3 Å². The fourth-order valence-electron chi connectivity index (χ4n) is 2.04. The summed E-state index contributed by atoms with van der Waals surface area (Å²) in [6, 6.07) is 4.35. The minimum Gasteiger partial charge on any atom is -0.341 e. The molecule has 19 heavy (non-hydrogen) atoms. The third kappa shape index (κ3) is 3.30. The quantitative estimate of drug-likeness (QED) is 0.890. The van der Waals surface area contributed by atoms with Crippen molar-refractivity contribution in [3.8, 4) is 0 Å². The zero-order valence-electron chi connectivity index (χ0n) is 10.5. The summed E-state index contributed by atoms with van der Waals surface area (Å²) in [5.41, 5.74) is 0. The van der Waals surface area contributed by atoms with Crippen LogP contribution >= 0.6 is 0 Å². The van der Waals surface area contributed by atoms with Crippen LogP contribution in [-0.4, -0.2) is 38.4 Å². The molecule has 1 aromatic rings. The van der Waals surface area contributed by atoms with Gasteiger partial charge in [-0.25, -0.2) is 17.5 Å². The fraction of sp³-hybridized carbons (Fsp3) is 0.417. The van der Waals surface area contributed by atoms with Crippen molar-refractivity contribution in [2.75, 3.05) is 13.1 Å². The zero-order valence-corrected chi connectivity index (χ0v) is 11.3. The average Bonchev–Trinajstić information content (AvgIpc) is 2.77. The van der Waals surface area contributed by atoms with E-state index in [0.717, 1.165) is 12.1 Å². The van der Waals surface area contributed by atoms with Crippen LogP contribution in [0.2, 0.25) is 0 Å². The lowest BCUT2D eigenvalue weighted by Crippen LogP contribution is -2.37. The number of benzene rings is 1. The fourth-order valence-corrected chi connectivity index (χ4v) is 3.31. The third-order valence-electron chi connectivity index (χ3n) is 3.08. The molecule has 1 heterocycles. The molecule has 0 bridgehead atoms. The van der Waals surface area contributed by atoms with Crippen LogP contribution in [0.5, 0.6) is 0 Å². The summed E-state index contributed by atoms with van der Waals surface area (Å²) in [5.74, 6) is -0.550. The monoisotopic (exact) mass is 286 g/mol. The Morgan fingerprint density at radius 3 is 2.53 bits per heavy atom. The number of amides is 1. The molecule has 0 spiro atoms. The van der Waals surface area contributed by atoms with E-state index in [9.17, 15) is 17.6 Å². The maximum Gasteiger partial charge on any atom is 0.240 e. The van der Waals surface area contributed by atoms with Gasteiger partial charge < -0.3 is 4.90 Å². The van der Waals surface area contributed by atoms with Gasteiger partial charge in [0.05, 0.1) is 4.90 Å². The molecule has 2 rings (SSSR count). The van der Waals surface area contributed by atoms with Gasteiger partial charge in [0.15, 0.2) is 0 Å². The second-order valence-corrected chi connectivity index (χ2v) is 6.24. The van der Waals surface area contributed by atoms with Gasteiger partial charge in [0.1, 0.15) is 5.82 Å². The van der Waals surface area contributed by atoms with Gasteiger partial charge in [-0.15, -0.1) is 0 Å². The Morgan fingerprint density at radius 2 is 2.00 bits per heavy atom. The van der Waals surface area contributed by atoms with E-state index < -0.39 is 15.8 Å². The summed E-state index contributed by atoms with van der Waals surface area (Å²) >= 11 is 0. The molecular weight excluding hydrogens is 271 g/mol. The number of carbonyl (C=O) groups excluding carboxylic acids is 1. The molecule has 104 valence electrons. The van der Waals surface area contributed by atoms with E-state index in [0.29, 0.717) is 19.5 Å². The van der Waals surface area contributed by atoms with E-state index in [4.69, 9.17) is 0 Å². The van der Waals surface area contributed by atoms with Gasteiger partial charge >= 0.3 is 0 Å². The van der Waals surface area contributed by atoms with Gasteiger partial charge in [0.25, 0.3) is 0 Å². The largest absolute Gasteiger partial charge is 0.341 e. The molecule has 1 N–H and O–H groups in total. The van der Waals surface area contributed by atoms with Crippen molar-refractivity contribution in [3.05, 3.63) is 30.1 Å². The maximum atomic E-state index is 12.8. The maximum absolute atomic E-state index is 12.8. The van der Waals surface area contributed by atoms with E-state index in [1.54, 1.807) is 4.90 Å². The molecule has 1 saturated heterocycles. The molecule has 1 atom stereocenters. The van der Waals surface area contributed by atoms with Crippen LogP contribution in [0.3, 0.4) is 0 Å². The number of nitrogens with zero attached hydrogens (tertiary/aromatic N) is 1. The van der Waals surface area contributed by atoms with Crippen molar-refractivity contribution in [2.24, 2.45) is 0 Å². The molecule has 1 aliphatic rings. The lowest BCUT2D eigenvalue weighted by Gasteiger charge is -2.15. The van der Waals surface area contributed by atoms with E-state index in [1.807, 2.05) is 0 Å². The smallest absolute Gasteiger partial charge is 0.240 e. The highest BCUT2D eigenvalue weighted by Gasteiger charge is 2.28. The first-order valence-corrected chi connectivity index (χ1v) is 7.40. The van der Waals surface area contributed by atoms with Crippen LogP contribution < -0.4 is 4.72 Å². The highest BCUT2D eigenvalue weighted by Crippen LogP contribution is 2.14. The van der Waals surface area contributed by atoms with Crippen molar-refractivity contribution in [1.82, 2.24) is 9.62 Å². The molecule has 1 aliphatic heterocycles. The van der Waals surface area contributed by atoms with E-state index in [2.05, 4.69) is 4.72 Å². The van der Waals surface area contributed by atoms with E-state index >= 15 is 0 Å². The van der Waals surface area contributed by atoms with Gasteiger partial charge in [-0.1, -0.05) is 0 Å². The standard InChI is InChI=1S/C12H15FN2O3S/c1-9(16)15-7-6-11(8-15)14-19(17,18)12-4-2-10(13)3-5-12/h2-5,11,14H,6-8H2,1H3. The summed E-state index contributed by atoms with van der Waals surface area (Å²) in [6.07, 6.45) is 0.583. The zero-order chi connectivity index (χ0) is 14.0. The number of halogens is 1. The first kappa shape index (κ1) is 14.0. The molecular formula is C12H15FN2O3S. The van der Waals surface area contributed by atoms with Gasteiger partial charge in [-0.2, -0.15) is 0 Å². The third-order valence-corrected chi connectivity index (χ3v) is 4.62. The molecule has 0 aliphatic carbocycles. The van der Waals surface area contributed by atoms with Crippen molar-refractivity contribution in [3.63, 3.8) is 0 Å². The summed E-state index contributed by atoms with van der Waals surface area (Å²) in [7, 11) is -3.66. The molecule has 7 heteroatoms. The Hall–Kier alpha value is -1.47. The Kier molecular flexibility index (Phi) is 3.86. The van der Waals surface area contributed by atoms with Crippen molar-refractivity contribution in [1.29, 1.82) is 0 Å². The Labute approximate surface area is 111 Å². The normalized spacial score (nSPS) is 19.7. The molecule has 1 fully saturated rings. The van der Waals surface area contributed by atoms with Crippen LogP contribution in [-0.2, 0) is 14.8 Å². The van der Waals surface area contributed by atoms with Crippen LogP contribution in [0.1, 0.15) is 13.3 Å².